The van der Waals surface area contributed by atoms with E-state index in [4.69, 9.17) is 0 Å². The molecule has 0 amide bonds. The molecule has 1 radical (unpaired) electrons. The average Bonchev–Trinajstić information content (AvgIpc) is 2.23. The predicted molar refractivity (Wildman–Crippen MR) is 119 cm³/mol. The Hall–Kier alpha value is 1.21. The maximum atomic E-state index is 4.56. The summed E-state index contributed by atoms with van der Waals surface area (Å²) in [5, 5.41) is 0. The molecule has 0 saturated carbocycles. The van der Waals surface area contributed by atoms with Crippen molar-refractivity contribution in [2.45, 2.75) is 52.4 Å². The van der Waals surface area contributed by atoms with Crippen LogP contribution in [0.5, 0.6) is 0 Å². The molecule has 0 N–H and O–H groups in total. The van der Waals surface area contributed by atoms with Crippen LogP contribution in [-0.4, -0.2) is 86.9 Å². The molecule has 0 aromatic heterocycles. The molecule has 0 aliphatic rings. The van der Waals surface area contributed by atoms with Crippen LogP contribution in [0.3, 0.4) is 0 Å². The molecule has 0 aromatic rings. The van der Waals surface area contributed by atoms with Gasteiger partial charge in [0.1, 0.15) is 0 Å². The van der Waals surface area contributed by atoms with Crippen molar-refractivity contribution >= 4 is 35.8 Å². The molecular weight excluding hydrogens is 395 g/mol. The van der Waals surface area contributed by atoms with Crippen LogP contribution in [0.15, 0.2) is 0 Å². The smallest absolute Gasteiger partial charge is 0.672 e. The minimum atomic E-state index is -0.542. The summed E-state index contributed by atoms with van der Waals surface area (Å²) in [5.74, 6) is 0. The molecule has 0 fully saturated rings. The van der Waals surface area contributed by atoms with Gasteiger partial charge in [0.05, 0.1) is 0 Å². The van der Waals surface area contributed by atoms with Crippen LogP contribution < -0.4 is 0 Å². The van der Waals surface area contributed by atoms with E-state index in [1.54, 1.807) is 0 Å². The van der Waals surface area contributed by atoms with E-state index in [0.29, 0.717) is 0 Å². The summed E-state index contributed by atoms with van der Waals surface area (Å²) in [6.07, 6.45) is 0. The number of hydrogen-bond donors (Lipinski definition) is 0. The Kier molecular flexibility index (Phi) is 29.5. The second-order valence-electron chi connectivity index (χ2n) is 7.28. The molecule has 0 spiro atoms. The first-order valence-corrected chi connectivity index (χ1v) is 19.9. The Morgan fingerprint density at radius 1 is 0.522 bits per heavy atom. The van der Waals surface area contributed by atoms with Crippen molar-refractivity contribution in [1.29, 1.82) is 0 Å². The fourth-order valence-corrected chi connectivity index (χ4v) is 11.1. The van der Waals surface area contributed by atoms with Crippen LogP contribution in [0.4, 0.5) is 0 Å². The molecule has 0 bridgehead atoms. The molecule has 0 aromatic carbocycles. The summed E-state index contributed by atoms with van der Waals surface area (Å²) in [5.41, 5.74) is 0. The SMILES string of the molecule is CN(C)CCN(C)C.C[SiH](C)[N-][SiH](C)C.C[SiH](C)[N-][SiH](C)C.[Co+2]. The van der Waals surface area contributed by atoms with E-state index in [0.717, 1.165) is 13.1 Å². The second kappa shape index (κ2) is 21.3. The Morgan fingerprint density at radius 3 is 0.739 bits per heavy atom. The topological polar surface area (TPSA) is 34.7 Å². The van der Waals surface area contributed by atoms with E-state index < -0.39 is 35.8 Å². The first kappa shape index (κ1) is 31.9. The van der Waals surface area contributed by atoms with E-state index in [9.17, 15) is 0 Å². The van der Waals surface area contributed by atoms with Crippen molar-refractivity contribution < 1.29 is 16.8 Å². The summed E-state index contributed by atoms with van der Waals surface area (Å²) in [4.78, 5) is 4.36. The third-order valence-corrected chi connectivity index (χ3v) is 11.7. The molecule has 0 unspecified atom stereocenters. The second-order valence-corrected chi connectivity index (χ2v) is 18.4. The van der Waals surface area contributed by atoms with E-state index in [1.807, 2.05) is 0 Å². The maximum absolute atomic E-state index is 4.56. The summed E-state index contributed by atoms with van der Waals surface area (Å²) in [7, 11) is 6.18. The van der Waals surface area contributed by atoms with Gasteiger partial charge in [-0.05, 0) is 28.2 Å². The fourth-order valence-electron chi connectivity index (χ4n) is 1.59. The molecule has 0 saturated heterocycles. The molecule has 4 nitrogen and oxygen atoms in total. The van der Waals surface area contributed by atoms with Crippen molar-refractivity contribution in [2.75, 3.05) is 41.3 Å². The van der Waals surface area contributed by atoms with Crippen LogP contribution in [0, 0.1) is 0 Å². The van der Waals surface area contributed by atoms with Gasteiger partial charge in [-0.15, -0.1) is 0 Å². The van der Waals surface area contributed by atoms with Gasteiger partial charge in [0, 0.05) is 13.1 Å². The molecule has 0 aliphatic carbocycles. The summed E-state index contributed by atoms with van der Waals surface area (Å²) in [6, 6.07) is 0. The zero-order valence-electron chi connectivity index (χ0n) is 17.8. The number of rotatable bonds is 7. The van der Waals surface area contributed by atoms with Crippen LogP contribution >= 0.6 is 0 Å². The monoisotopic (exact) mass is 439 g/mol. The fraction of sp³-hybridized carbons (Fsp3) is 1.00. The van der Waals surface area contributed by atoms with Gasteiger partial charge in [0.15, 0.2) is 0 Å². The number of likely N-dealkylation sites (N-methyl/N-ethyl adjacent to an activating group) is 2. The van der Waals surface area contributed by atoms with Crippen molar-refractivity contribution in [1.82, 2.24) is 9.80 Å². The Bertz CT molecular complexity index is 185. The van der Waals surface area contributed by atoms with Gasteiger partial charge in [-0.3, -0.25) is 0 Å². The van der Waals surface area contributed by atoms with Crippen LogP contribution in [0.2, 0.25) is 52.4 Å². The van der Waals surface area contributed by atoms with Crippen molar-refractivity contribution in [3.8, 4) is 0 Å². The van der Waals surface area contributed by atoms with Crippen molar-refractivity contribution in [3.63, 3.8) is 0 Å². The van der Waals surface area contributed by atoms with E-state index in [2.05, 4.69) is 99.7 Å². The zero-order valence-corrected chi connectivity index (χ0v) is 23.5. The molecule has 0 atom stereocenters. The summed E-state index contributed by atoms with van der Waals surface area (Å²) >= 11 is 0. The molecule has 23 heavy (non-hydrogen) atoms. The van der Waals surface area contributed by atoms with Gasteiger partial charge in [-0.2, -0.15) is 0 Å². The van der Waals surface area contributed by atoms with Crippen molar-refractivity contribution in [3.05, 3.63) is 9.30 Å². The standard InChI is InChI=1S/C6H16N2.2C4H14NSi2.Co/c1-7(2)5-6-8(3)4;2*1-6(2)5-7(3)4;/h5-6H2,1-4H3;2*6-7H,1-4H3;/q;2*-1;+2. The Labute approximate surface area is 165 Å². The molecule has 0 aliphatic heterocycles. The first-order valence-electron chi connectivity index (χ1n) is 8.57. The predicted octanol–water partition coefficient (Wildman–Crippen LogP) is 2.76. The maximum Gasteiger partial charge on any atom is 2.00 e. The van der Waals surface area contributed by atoms with Gasteiger partial charge in [-0.25, -0.2) is 0 Å². The minimum absolute atomic E-state index is 0. The molecule has 0 rings (SSSR count). The number of hydrogen-bond acceptors (Lipinski definition) is 2. The molecule has 145 valence electrons. The van der Waals surface area contributed by atoms with Gasteiger partial charge in [-0.1, -0.05) is 88.2 Å². The third kappa shape index (κ3) is 51.7. The van der Waals surface area contributed by atoms with E-state index in [1.165, 1.54) is 0 Å². The Balaban J connectivity index is -0.000000116. The van der Waals surface area contributed by atoms with Crippen LogP contribution in [-0.2, 0) is 16.8 Å². The quantitative estimate of drug-likeness (QED) is 0.572. The molecule has 0 heterocycles. The van der Waals surface area contributed by atoms with E-state index >= 15 is 0 Å². The first-order chi connectivity index (χ1) is 9.88. The van der Waals surface area contributed by atoms with Gasteiger partial charge < -0.3 is 19.1 Å². The zero-order chi connectivity index (χ0) is 18.3. The van der Waals surface area contributed by atoms with Gasteiger partial charge in [0.2, 0.25) is 0 Å². The number of nitrogens with zero attached hydrogens (tertiary/aromatic N) is 4. The minimum Gasteiger partial charge on any atom is -0.672 e. The largest absolute Gasteiger partial charge is 2.00 e. The summed E-state index contributed by atoms with van der Waals surface area (Å²) in [6.45, 7) is 20.5. The molecular formula is C14H44CoN4Si4. The van der Waals surface area contributed by atoms with E-state index in [-0.39, 0.29) is 16.8 Å². The van der Waals surface area contributed by atoms with Crippen molar-refractivity contribution in [2.24, 2.45) is 0 Å². The normalized spacial score (nSPS) is 10.7. The van der Waals surface area contributed by atoms with Gasteiger partial charge >= 0.3 is 16.8 Å². The van der Waals surface area contributed by atoms with Gasteiger partial charge in [0.25, 0.3) is 0 Å². The van der Waals surface area contributed by atoms with Crippen LogP contribution in [0.25, 0.3) is 9.30 Å². The summed E-state index contributed by atoms with van der Waals surface area (Å²) < 4.78 is 9.11. The third-order valence-electron chi connectivity index (χ3n) is 2.19. The molecule has 9 heteroatoms. The average molecular weight is 440 g/mol. The van der Waals surface area contributed by atoms with Crippen LogP contribution in [0.1, 0.15) is 0 Å². The Morgan fingerprint density at radius 2 is 0.696 bits per heavy atom.